The summed E-state index contributed by atoms with van der Waals surface area (Å²) < 4.78 is 0. The summed E-state index contributed by atoms with van der Waals surface area (Å²) in [4.78, 5) is 11.4. The standard InChI is InChI=1S/C14H29N3O/c1-3-8-17-14(18)7-10-15-12(2)11-13-6-4-5-9-16-13/h12-13,15-16H,3-11H2,1-2H3,(H,17,18). The van der Waals surface area contributed by atoms with Gasteiger partial charge < -0.3 is 16.0 Å². The molecule has 1 rings (SSSR count). The molecule has 0 aromatic heterocycles. The van der Waals surface area contributed by atoms with E-state index >= 15 is 0 Å². The molecule has 0 aromatic carbocycles. The topological polar surface area (TPSA) is 53.2 Å². The molecule has 1 aliphatic heterocycles. The number of hydrogen-bond donors (Lipinski definition) is 3. The Morgan fingerprint density at radius 3 is 2.89 bits per heavy atom. The molecule has 2 unspecified atom stereocenters. The average Bonchev–Trinajstić information content (AvgIpc) is 2.37. The minimum absolute atomic E-state index is 0.160. The van der Waals surface area contributed by atoms with E-state index < -0.39 is 0 Å². The quantitative estimate of drug-likeness (QED) is 0.615. The first-order chi connectivity index (χ1) is 8.72. The van der Waals surface area contributed by atoms with Crippen LogP contribution in [0.3, 0.4) is 0 Å². The Bertz CT molecular complexity index is 227. The van der Waals surface area contributed by atoms with Gasteiger partial charge in [-0.05, 0) is 39.2 Å². The summed E-state index contributed by atoms with van der Waals surface area (Å²) in [5.74, 6) is 0.160. The second-order valence-electron chi connectivity index (χ2n) is 5.34. The van der Waals surface area contributed by atoms with Crippen LogP contribution in [-0.2, 0) is 4.79 Å². The zero-order valence-electron chi connectivity index (χ0n) is 11.9. The number of hydrogen-bond acceptors (Lipinski definition) is 3. The highest BCUT2D eigenvalue weighted by Crippen LogP contribution is 2.11. The number of carbonyl (C=O) groups excluding carboxylic acids is 1. The Balaban J connectivity index is 2.01. The van der Waals surface area contributed by atoms with Gasteiger partial charge in [0.25, 0.3) is 0 Å². The van der Waals surface area contributed by atoms with Crippen molar-refractivity contribution in [2.75, 3.05) is 19.6 Å². The Kier molecular flexibility index (Phi) is 8.01. The smallest absolute Gasteiger partial charge is 0.221 e. The molecule has 1 amide bonds. The maximum atomic E-state index is 11.4. The highest BCUT2D eigenvalue weighted by atomic mass is 16.1. The molecule has 106 valence electrons. The first kappa shape index (κ1) is 15.4. The van der Waals surface area contributed by atoms with E-state index in [1.165, 1.54) is 19.3 Å². The molecule has 0 radical (unpaired) electrons. The number of nitrogens with one attached hydrogen (secondary N) is 3. The van der Waals surface area contributed by atoms with Gasteiger partial charge in [0.15, 0.2) is 0 Å². The van der Waals surface area contributed by atoms with Crippen molar-refractivity contribution < 1.29 is 4.79 Å². The predicted molar refractivity (Wildman–Crippen MR) is 75.6 cm³/mol. The summed E-state index contributed by atoms with van der Waals surface area (Å²) in [5.41, 5.74) is 0. The fourth-order valence-corrected chi connectivity index (χ4v) is 2.42. The van der Waals surface area contributed by atoms with Crippen LogP contribution in [0.4, 0.5) is 0 Å². The fourth-order valence-electron chi connectivity index (χ4n) is 2.42. The molecule has 3 N–H and O–H groups in total. The highest BCUT2D eigenvalue weighted by molar-refractivity contribution is 5.75. The van der Waals surface area contributed by atoms with Gasteiger partial charge in [-0.15, -0.1) is 0 Å². The van der Waals surface area contributed by atoms with Crippen molar-refractivity contribution in [3.8, 4) is 0 Å². The van der Waals surface area contributed by atoms with Crippen molar-refractivity contribution in [2.24, 2.45) is 0 Å². The lowest BCUT2D eigenvalue weighted by Gasteiger charge is -2.26. The molecule has 4 heteroatoms. The van der Waals surface area contributed by atoms with Crippen molar-refractivity contribution in [2.45, 2.75) is 64.5 Å². The van der Waals surface area contributed by atoms with Gasteiger partial charge >= 0.3 is 0 Å². The number of carbonyl (C=O) groups is 1. The zero-order valence-corrected chi connectivity index (χ0v) is 11.9. The van der Waals surface area contributed by atoms with E-state index in [0.29, 0.717) is 18.5 Å². The fraction of sp³-hybridized carbons (Fsp3) is 0.929. The van der Waals surface area contributed by atoms with E-state index in [9.17, 15) is 4.79 Å². The van der Waals surface area contributed by atoms with Crippen molar-refractivity contribution in [1.29, 1.82) is 0 Å². The van der Waals surface area contributed by atoms with E-state index in [1.807, 2.05) is 0 Å². The van der Waals surface area contributed by atoms with Gasteiger partial charge in [0.2, 0.25) is 5.91 Å². The Morgan fingerprint density at radius 2 is 2.22 bits per heavy atom. The van der Waals surface area contributed by atoms with Crippen LogP contribution in [-0.4, -0.2) is 37.6 Å². The first-order valence-electron chi connectivity index (χ1n) is 7.45. The van der Waals surface area contributed by atoms with E-state index in [-0.39, 0.29) is 5.91 Å². The molecule has 1 fully saturated rings. The monoisotopic (exact) mass is 255 g/mol. The van der Waals surface area contributed by atoms with Crippen molar-refractivity contribution >= 4 is 5.91 Å². The third-order valence-corrected chi connectivity index (χ3v) is 3.47. The van der Waals surface area contributed by atoms with Gasteiger partial charge in [0, 0.05) is 31.6 Å². The Hall–Kier alpha value is -0.610. The number of amides is 1. The van der Waals surface area contributed by atoms with Crippen LogP contribution in [0.25, 0.3) is 0 Å². The lowest BCUT2D eigenvalue weighted by atomic mass is 9.99. The van der Waals surface area contributed by atoms with Crippen LogP contribution in [0.2, 0.25) is 0 Å². The van der Waals surface area contributed by atoms with Crippen LogP contribution >= 0.6 is 0 Å². The van der Waals surface area contributed by atoms with E-state index in [2.05, 4.69) is 29.8 Å². The summed E-state index contributed by atoms with van der Waals surface area (Å²) in [6.07, 6.45) is 6.71. The molecule has 0 saturated carbocycles. The molecular formula is C14H29N3O. The average molecular weight is 255 g/mol. The van der Waals surface area contributed by atoms with Gasteiger partial charge in [0.05, 0.1) is 0 Å². The first-order valence-corrected chi connectivity index (χ1v) is 7.45. The molecule has 0 aliphatic carbocycles. The Labute approximate surface area is 111 Å². The van der Waals surface area contributed by atoms with Crippen molar-refractivity contribution in [3.63, 3.8) is 0 Å². The molecule has 4 nitrogen and oxygen atoms in total. The molecule has 18 heavy (non-hydrogen) atoms. The van der Waals surface area contributed by atoms with Crippen molar-refractivity contribution in [1.82, 2.24) is 16.0 Å². The van der Waals surface area contributed by atoms with E-state index in [0.717, 1.165) is 32.5 Å². The summed E-state index contributed by atoms with van der Waals surface area (Å²) in [5, 5.41) is 9.89. The summed E-state index contributed by atoms with van der Waals surface area (Å²) in [6, 6.07) is 1.15. The molecule has 0 aromatic rings. The zero-order chi connectivity index (χ0) is 13.2. The lowest BCUT2D eigenvalue weighted by molar-refractivity contribution is -0.121. The van der Waals surface area contributed by atoms with Crippen LogP contribution in [0.5, 0.6) is 0 Å². The second kappa shape index (κ2) is 9.34. The van der Waals surface area contributed by atoms with Crippen LogP contribution in [0.15, 0.2) is 0 Å². The molecule has 1 heterocycles. The number of piperidine rings is 1. The highest BCUT2D eigenvalue weighted by Gasteiger charge is 2.15. The third-order valence-electron chi connectivity index (χ3n) is 3.47. The van der Waals surface area contributed by atoms with Gasteiger partial charge in [-0.25, -0.2) is 0 Å². The van der Waals surface area contributed by atoms with Gasteiger partial charge in [-0.3, -0.25) is 4.79 Å². The van der Waals surface area contributed by atoms with Crippen LogP contribution in [0, 0.1) is 0 Å². The lowest BCUT2D eigenvalue weighted by Crippen LogP contribution is -2.40. The Morgan fingerprint density at radius 1 is 1.39 bits per heavy atom. The molecular weight excluding hydrogens is 226 g/mol. The summed E-state index contributed by atoms with van der Waals surface area (Å²) >= 11 is 0. The minimum atomic E-state index is 0.160. The molecule has 2 atom stereocenters. The maximum absolute atomic E-state index is 11.4. The third kappa shape index (κ3) is 6.97. The normalized spacial score (nSPS) is 21.6. The molecule has 1 saturated heterocycles. The largest absolute Gasteiger partial charge is 0.356 e. The molecule has 1 aliphatic rings. The molecule has 0 spiro atoms. The van der Waals surface area contributed by atoms with Gasteiger partial charge in [-0.1, -0.05) is 13.3 Å². The maximum Gasteiger partial charge on any atom is 0.221 e. The van der Waals surface area contributed by atoms with Crippen molar-refractivity contribution in [3.05, 3.63) is 0 Å². The summed E-state index contributed by atoms with van der Waals surface area (Å²) in [7, 11) is 0. The minimum Gasteiger partial charge on any atom is -0.356 e. The van der Waals surface area contributed by atoms with Crippen LogP contribution in [0.1, 0.15) is 52.4 Å². The van der Waals surface area contributed by atoms with E-state index in [4.69, 9.17) is 0 Å². The van der Waals surface area contributed by atoms with Gasteiger partial charge in [0.1, 0.15) is 0 Å². The summed E-state index contributed by atoms with van der Waals surface area (Å²) in [6.45, 7) is 7.01. The van der Waals surface area contributed by atoms with Gasteiger partial charge in [-0.2, -0.15) is 0 Å². The second-order valence-corrected chi connectivity index (χ2v) is 5.34. The van der Waals surface area contributed by atoms with E-state index in [1.54, 1.807) is 0 Å². The SMILES string of the molecule is CCCNC(=O)CCNC(C)CC1CCCCN1. The van der Waals surface area contributed by atoms with Crippen LogP contribution < -0.4 is 16.0 Å². The molecule has 0 bridgehead atoms. The predicted octanol–water partition coefficient (Wildman–Crippen LogP) is 1.41. The number of rotatable bonds is 8.